The van der Waals surface area contributed by atoms with Crippen molar-refractivity contribution in [2.45, 2.75) is 12.6 Å². The van der Waals surface area contributed by atoms with Gasteiger partial charge in [-0.3, -0.25) is 0 Å². The molecule has 3 heteroatoms. The van der Waals surface area contributed by atoms with E-state index in [0.29, 0.717) is 5.76 Å². The first-order valence-corrected chi connectivity index (χ1v) is 2.72. The summed E-state index contributed by atoms with van der Waals surface area (Å²) in [5.41, 5.74) is 10.1. The number of rotatable bonds is 1. The number of nitrogens with two attached hydrogens (primary N) is 2. The molecule has 0 aliphatic rings. The van der Waals surface area contributed by atoms with Crippen LogP contribution in [0, 0.1) is 0 Å². The minimum absolute atomic E-state index is 0.600. The Labute approximate surface area is 53.6 Å². The second kappa shape index (κ2) is 1.86. The first-order chi connectivity index (χ1) is 4.11. The van der Waals surface area contributed by atoms with Crippen LogP contribution in [0.2, 0.25) is 0 Å². The topological polar surface area (TPSA) is 65.2 Å². The van der Waals surface area contributed by atoms with Gasteiger partial charge in [0.05, 0.1) is 6.26 Å². The molecule has 4 N–H and O–H groups in total. The van der Waals surface area contributed by atoms with Gasteiger partial charge in [0, 0.05) is 0 Å². The number of furan rings is 1. The molecule has 0 saturated heterocycles. The third kappa shape index (κ3) is 1.31. The third-order valence-electron chi connectivity index (χ3n) is 1.05. The van der Waals surface area contributed by atoms with Crippen molar-refractivity contribution in [1.82, 2.24) is 0 Å². The van der Waals surface area contributed by atoms with Crippen molar-refractivity contribution in [3.05, 3.63) is 24.2 Å². The highest BCUT2D eigenvalue weighted by molar-refractivity contribution is 5.07. The summed E-state index contributed by atoms with van der Waals surface area (Å²) in [6, 6.07) is 3.51. The quantitative estimate of drug-likeness (QED) is 0.534. The van der Waals surface area contributed by atoms with E-state index in [9.17, 15) is 0 Å². The highest BCUT2D eigenvalue weighted by Crippen LogP contribution is 2.10. The van der Waals surface area contributed by atoms with Crippen molar-refractivity contribution in [3.8, 4) is 0 Å². The van der Waals surface area contributed by atoms with E-state index in [4.69, 9.17) is 15.9 Å². The predicted octanol–water partition coefficient (Wildman–Crippen LogP) is 0.370. The zero-order chi connectivity index (χ0) is 6.91. The fourth-order valence-electron chi connectivity index (χ4n) is 0.585. The molecule has 0 amide bonds. The lowest BCUT2D eigenvalue weighted by molar-refractivity contribution is 0.379. The third-order valence-corrected chi connectivity index (χ3v) is 1.05. The molecule has 1 aromatic heterocycles. The molecule has 1 rings (SSSR count). The fourth-order valence-corrected chi connectivity index (χ4v) is 0.585. The summed E-state index contributed by atoms with van der Waals surface area (Å²) in [5.74, 6) is 0.600. The molecule has 0 saturated carbocycles. The molecule has 0 aliphatic carbocycles. The molecule has 0 fully saturated rings. The summed E-state index contributed by atoms with van der Waals surface area (Å²) in [7, 11) is 0. The van der Waals surface area contributed by atoms with E-state index >= 15 is 0 Å². The summed E-state index contributed by atoms with van der Waals surface area (Å²) in [4.78, 5) is 0. The highest BCUT2D eigenvalue weighted by Gasteiger charge is 2.16. The fraction of sp³-hybridized carbons (Fsp3) is 0.333. The lowest BCUT2D eigenvalue weighted by Crippen LogP contribution is -2.42. The van der Waals surface area contributed by atoms with Crippen molar-refractivity contribution >= 4 is 0 Å². The van der Waals surface area contributed by atoms with Crippen molar-refractivity contribution in [2.24, 2.45) is 11.5 Å². The van der Waals surface area contributed by atoms with E-state index in [1.807, 2.05) is 0 Å². The van der Waals surface area contributed by atoms with Gasteiger partial charge >= 0.3 is 0 Å². The summed E-state index contributed by atoms with van der Waals surface area (Å²) in [6.45, 7) is 1.69. The van der Waals surface area contributed by atoms with Gasteiger partial charge in [-0.25, -0.2) is 0 Å². The van der Waals surface area contributed by atoms with Gasteiger partial charge in [0.2, 0.25) is 0 Å². The van der Waals surface area contributed by atoms with Gasteiger partial charge in [-0.2, -0.15) is 0 Å². The Morgan fingerprint density at radius 2 is 2.22 bits per heavy atom. The number of hydrogen-bond donors (Lipinski definition) is 2. The Kier molecular flexibility index (Phi) is 1.31. The normalized spacial score (nSPS) is 11.9. The molecule has 0 aromatic carbocycles. The maximum atomic E-state index is 5.49. The Bertz CT molecular complexity index is 173. The van der Waals surface area contributed by atoms with Gasteiger partial charge in [-0.05, 0) is 19.1 Å². The maximum absolute atomic E-state index is 5.49. The minimum Gasteiger partial charge on any atom is -0.466 e. The van der Waals surface area contributed by atoms with E-state index in [1.165, 1.54) is 0 Å². The Hall–Kier alpha value is -0.800. The first-order valence-electron chi connectivity index (χ1n) is 2.72. The van der Waals surface area contributed by atoms with Crippen LogP contribution >= 0.6 is 0 Å². The van der Waals surface area contributed by atoms with Crippen LogP contribution in [0.1, 0.15) is 12.7 Å². The highest BCUT2D eigenvalue weighted by atomic mass is 16.3. The maximum Gasteiger partial charge on any atom is 0.137 e. The Morgan fingerprint density at radius 1 is 1.56 bits per heavy atom. The van der Waals surface area contributed by atoms with E-state index < -0.39 is 5.66 Å². The summed E-state index contributed by atoms with van der Waals surface area (Å²) in [6.07, 6.45) is 1.55. The average Bonchev–Trinajstić information content (AvgIpc) is 2.08. The van der Waals surface area contributed by atoms with Crippen molar-refractivity contribution < 1.29 is 4.42 Å². The molecule has 3 nitrogen and oxygen atoms in total. The monoisotopic (exact) mass is 126 g/mol. The van der Waals surface area contributed by atoms with Crippen LogP contribution in [0.3, 0.4) is 0 Å². The van der Waals surface area contributed by atoms with Gasteiger partial charge in [-0.15, -0.1) is 0 Å². The zero-order valence-corrected chi connectivity index (χ0v) is 5.29. The standard InChI is InChI=1S/C6H10N2O/c1-6(7,8)5-3-2-4-9-5/h2-4H,7-8H2,1H3. The second-order valence-corrected chi connectivity index (χ2v) is 2.26. The molecule has 0 radical (unpaired) electrons. The van der Waals surface area contributed by atoms with Gasteiger partial charge in [0.25, 0.3) is 0 Å². The molecule has 1 heterocycles. The lowest BCUT2D eigenvalue weighted by Gasteiger charge is -2.13. The predicted molar refractivity (Wildman–Crippen MR) is 34.4 cm³/mol. The molecule has 9 heavy (non-hydrogen) atoms. The summed E-state index contributed by atoms with van der Waals surface area (Å²) >= 11 is 0. The Morgan fingerprint density at radius 3 is 2.44 bits per heavy atom. The van der Waals surface area contributed by atoms with Crippen LogP contribution in [0.25, 0.3) is 0 Å². The van der Waals surface area contributed by atoms with Gasteiger partial charge < -0.3 is 15.9 Å². The van der Waals surface area contributed by atoms with Crippen LogP contribution in [0.15, 0.2) is 22.8 Å². The van der Waals surface area contributed by atoms with Crippen molar-refractivity contribution in [1.29, 1.82) is 0 Å². The minimum atomic E-state index is -0.844. The zero-order valence-electron chi connectivity index (χ0n) is 5.29. The lowest BCUT2D eigenvalue weighted by atomic mass is 10.2. The molecule has 0 aliphatic heterocycles. The molecule has 0 unspecified atom stereocenters. The summed E-state index contributed by atoms with van der Waals surface area (Å²) in [5, 5.41) is 0. The van der Waals surface area contributed by atoms with Crippen LogP contribution in [-0.4, -0.2) is 0 Å². The van der Waals surface area contributed by atoms with E-state index in [-0.39, 0.29) is 0 Å². The molecular formula is C6H10N2O. The van der Waals surface area contributed by atoms with Crippen molar-refractivity contribution in [2.75, 3.05) is 0 Å². The molecule has 0 bridgehead atoms. The van der Waals surface area contributed by atoms with Crippen molar-refractivity contribution in [3.63, 3.8) is 0 Å². The van der Waals surface area contributed by atoms with Crippen LogP contribution in [0.4, 0.5) is 0 Å². The van der Waals surface area contributed by atoms with E-state index in [0.717, 1.165) is 0 Å². The molecular weight excluding hydrogens is 116 g/mol. The SMILES string of the molecule is CC(N)(N)c1ccco1. The van der Waals surface area contributed by atoms with Crippen LogP contribution in [-0.2, 0) is 5.66 Å². The number of hydrogen-bond acceptors (Lipinski definition) is 3. The van der Waals surface area contributed by atoms with Gasteiger partial charge in [-0.1, -0.05) is 0 Å². The van der Waals surface area contributed by atoms with Gasteiger partial charge in [0.15, 0.2) is 0 Å². The smallest absolute Gasteiger partial charge is 0.137 e. The van der Waals surface area contributed by atoms with E-state index in [2.05, 4.69) is 0 Å². The van der Waals surface area contributed by atoms with E-state index in [1.54, 1.807) is 25.3 Å². The Balaban J connectivity index is 2.90. The first kappa shape index (κ1) is 6.32. The van der Waals surface area contributed by atoms with Crippen LogP contribution < -0.4 is 11.5 Å². The average molecular weight is 126 g/mol. The van der Waals surface area contributed by atoms with Gasteiger partial charge in [0.1, 0.15) is 11.4 Å². The molecule has 0 atom stereocenters. The largest absolute Gasteiger partial charge is 0.466 e. The van der Waals surface area contributed by atoms with Crippen LogP contribution in [0.5, 0.6) is 0 Å². The summed E-state index contributed by atoms with van der Waals surface area (Å²) < 4.78 is 4.95. The molecule has 50 valence electrons. The molecule has 0 spiro atoms. The molecule has 1 aromatic rings. The second-order valence-electron chi connectivity index (χ2n) is 2.26.